The van der Waals surface area contributed by atoms with E-state index in [9.17, 15) is 90.0 Å². The number of aromatic nitrogens is 12. The van der Waals surface area contributed by atoms with E-state index in [0.717, 1.165) is 117 Å². The number of rotatable bonds is 24. The second-order valence-electron chi connectivity index (χ2n) is 34.9. The standard InChI is InChI=1S/3C34H38N4O6.2In/c3*1-15-21(7-9-31(41)42)27-14-28-22(8-10-32(43)44)16(2)24(36-28)12-29-34(20(6)40)18(4)26(38-29)13-30-33(19(5)39)17(3)25(37-30)11-23(15)35-27;;/h3*11-14,19-20,36-37,39-40H,7-10H2,1-6H3,(H,41,42)(H,43,44);;/q;;;2*+3/p-6. The summed E-state index contributed by atoms with van der Waals surface area (Å²) in [6, 6.07) is 22.2. The number of aliphatic hydroxyl groups is 6. The molecule has 0 aliphatic carbocycles. The number of carbonyl (C=O) groups excluding carboxylic acids is 6. The minimum atomic E-state index is -1.17. The van der Waals surface area contributed by atoms with E-state index in [2.05, 4.69) is 29.9 Å². The number of allylic oxidation sites excluding steroid dienone is 9. The smallest absolute Gasteiger partial charge is 0.550 e. The minimum absolute atomic E-state index is 0. The topological polar surface area (TPSA) is 534 Å². The number of carboxylic acids is 6. The summed E-state index contributed by atoms with van der Waals surface area (Å²) < 4.78 is 0. The Morgan fingerprint density at radius 2 is 0.410 bits per heavy atom. The first-order valence-electron chi connectivity index (χ1n) is 44.0. The number of hydrogen-bond donors (Lipinski definition) is 12. The van der Waals surface area contributed by atoms with Gasteiger partial charge >= 0.3 is 51.7 Å². The molecule has 690 valence electrons. The number of carboxylic acid groups (broad SMARTS) is 6. The fourth-order valence-corrected chi connectivity index (χ4v) is 18.9. The van der Waals surface area contributed by atoms with Crippen LogP contribution in [0.4, 0.5) is 0 Å². The Balaban J connectivity index is 0.000000192. The van der Waals surface area contributed by atoms with Gasteiger partial charge in [-0.15, -0.1) is 0 Å². The molecule has 9 aromatic heterocycles. The van der Waals surface area contributed by atoms with Crippen LogP contribution in [0.25, 0.3) is 133 Å². The quantitative estimate of drug-likeness (QED) is 0.0268. The number of fused-ring (bicyclic) bond motifs is 24. The second-order valence-corrected chi connectivity index (χ2v) is 34.9. The Kier molecular flexibility index (Phi) is 32.1. The van der Waals surface area contributed by atoms with E-state index in [1.54, 1.807) is 41.5 Å². The monoisotopic (exact) mass is 2020 g/mol. The van der Waals surface area contributed by atoms with Gasteiger partial charge in [0.15, 0.2) is 0 Å². The zero-order valence-electron chi connectivity index (χ0n) is 78.3. The van der Waals surface area contributed by atoms with Crippen molar-refractivity contribution < 1.29 is 90.0 Å². The molecule has 0 amide bonds. The van der Waals surface area contributed by atoms with Gasteiger partial charge in [-0.3, -0.25) is 0 Å². The van der Waals surface area contributed by atoms with Crippen molar-refractivity contribution in [3.05, 3.63) is 208 Å². The first kappa shape index (κ1) is 103. The summed E-state index contributed by atoms with van der Waals surface area (Å²) in [6.45, 7) is 32.9. The van der Waals surface area contributed by atoms with Gasteiger partial charge in [0.1, 0.15) is 0 Å². The van der Waals surface area contributed by atoms with Crippen LogP contribution in [0.3, 0.4) is 0 Å². The van der Waals surface area contributed by atoms with Crippen molar-refractivity contribution in [3.8, 4) is 0 Å². The predicted molar refractivity (Wildman–Crippen MR) is 508 cm³/mol. The molecule has 0 saturated carbocycles. The van der Waals surface area contributed by atoms with E-state index < -0.39 is 72.4 Å². The molecule has 6 unspecified atom stereocenters. The van der Waals surface area contributed by atoms with Crippen LogP contribution >= 0.6 is 0 Å². The Bertz CT molecular complexity index is 6450. The molecule has 6 atom stereocenters. The molecule has 0 spiro atoms. The molecule has 0 fully saturated rings. The Morgan fingerprint density at radius 1 is 0.239 bits per heavy atom. The molecule has 0 radical (unpaired) electrons. The fraction of sp³-hybridized carbons (Fsp3) is 0.353. The molecular formula is C102H108In2N12O18. The summed E-state index contributed by atoms with van der Waals surface area (Å²) >= 11 is 0. The molecule has 9 aromatic rings. The number of aliphatic carboxylic acids is 6. The molecule has 134 heavy (non-hydrogen) atoms. The third kappa shape index (κ3) is 21.4. The van der Waals surface area contributed by atoms with Crippen LogP contribution in [-0.2, 0) is 48.0 Å². The van der Waals surface area contributed by atoms with E-state index in [-0.39, 0.29) is 129 Å². The molecule has 6 aliphatic rings. The summed E-state index contributed by atoms with van der Waals surface area (Å²) in [7, 11) is 0. The van der Waals surface area contributed by atoms with E-state index >= 15 is 0 Å². The fourth-order valence-electron chi connectivity index (χ4n) is 18.9. The first-order chi connectivity index (χ1) is 62.3. The van der Waals surface area contributed by atoms with Crippen molar-refractivity contribution in [1.82, 2.24) is 59.8 Å². The van der Waals surface area contributed by atoms with Crippen molar-refractivity contribution in [2.24, 2.45) is 0 Å². The summed E-state index contributed by atoms with van der Waals surface area (Å²) in [6.07, 6.45) is -4.69. The molecule has 24 bridgehead atoms. The van der Waals surface area contributed by atoms with Gasteiger partial charge in [0.25, 0.3) is 0 Å². The van der Waals surface area contributed by atoms with Crippen molar-refractivity contribution in [1.29, 1.82) is 0 Å². The van der Waals surface area contributed by atoms with Crippen molar-refractivity contribution in [3.63, 3.8) is 0 Å². The van der Waals surface area contributed by atoms with Crippen molar-refractivity contribution in [2.75, 3.05) is 0 Å². The zero-order chi connectivity index (χ0) is 96.1. The molecule has 6 aliphatic heterocycles. The summed E-state index contributed by atoms with van der Waals surface area (Å²) in [5, 5.41) is 133. The van der Waals surface area contributed by atoms with Crippen LogP contribution in [0, 0.1) is 41.5 Å². The molecule has 12 N–H and O–H groups in total. The summed E-state index contributed by atoms with van der Waals surface area (Å²) in [5.74, 6) is -7.02. The van der Waals surface area contributed by atoms with Crippen LogP contribution in [0.15, 0.2) is 72.8 Å². The number of aliphatic hydroxyl groups excluding tert-OH is 6. The predicted octanol–water partition coefficient (Wildman–Crippen LogP) is 9.56. The largest absolute Gasteiger partial charge is 3.00 e. The second kappa shape index (κ2) is 41.9. The SMILES string of the molecule is CC1=C(CCC(=O)[O-])c2cc3[nH]c(cc4nc(cc5[nH]c(cc1n2)c(C)c5C(C)O)C(C)=C4C(C)O)c(C)c3CCC(=O)[O-].CC1=C(CCC(=O)[O-])c2cc3[nH]c(cc4nc(cc5[nH]c(cc1n2)c(C)c5C(C)O)C(C)=C4C(C)O)c(C)c3CCC(=O)[O-].CC1=C(CCC(=O)[O-])c2cc3[nH]c(cc4nc(cc5[nH]c(cc1n2)c(C)c5C(C)O)C(C)=C4C(C)O)c(C)c3CCC(=O)[O-].[In+3].[In+3]. The normalized spacial score (nSPS) is 14.5. The van der Waals surface area contributed by atoms with Gasteiger partial charge in [0.05, 0.1) is 105 Å². The maximum atomic E-state index is 11.4. The number of aryl methyl sites for hydroxylation is 9. The van der Waals surface area contributed by atoms with Crippen LogP contribution in [0.5, 0.6) is 0 Å². The van der Waals surface area contributed by atoms with Crippen LogP contribution in [0.1, 0.15) is 294 Å². The molecular weight excluding hydrogens is 1910 g/mol. The average Bonchev–Trinajstić information content (AvgIpc) is 1.62. The van der Waals surface area contributed by atoms with Crippen LogP contribution in [-0.4, -0.2) is 196 Å². The van der Waals surface area contributed by atoms with Gasteiger partial charge in [-0.05, 0) is 375 Å². The van der Waals surface area contributed by atoms with Gasteiger partial charge in [-0.2, -0.15) is 0 Å². The van der Waals surface area contributed by atoms with E-state index in [1.165, 1.54) is 0 Å². The first-order valence-corrected chi connectivity index (χ1v) is 44.0. The van der Waals surface area contributed by atoms with E-state index in [1.807, 2.05) is 156 Å². The van der Waals surface area contributed by atoms with Gasteiger partial charge in [0, 0.05) is 135 Å². The van der Waals surface area contributed by atoms with Gasteiger partial charge < -0.3 is 120 Å². The summed E-state index contributed by atoms with van der Waals surface area (Å²) in [4.78, 5) is 119. The van der Waals surface area contributed by atoms with Gasteiger partial charge in [-0.1, -0.05) is 0 Å². The average molecular weight is 2020 g/mol. The van der Waals surface area contributed by atoms with Crippen LogP contribution in [0.2, 0.25) is 0 Å². The maximum Gasteiger partial charge on any atom is 3.00 e. The molecule has 32 heteroatoms. The number of nitrogens with zero attached hydrogens (tertiary/aromatic N) is 6. The maximum absolute atomic E-state index is 11.4. The number of carbonyl (C=O) groups is 6. The molecule has 15 heterocycles. The minimum Gasteiger partial charge on any atom is -0.550 e. The Morgan fingerprint density at radius 3 is 0.619 bits per heavy atom. The summed E-state index contributed by atoms with van der Waals surface area (Å²) in [5.41, 5.74) is 33.8. The van der Waals surface area contributed by atoms with E-state index in [0.29, 0.717) is 151 Å². The third-order valence-corrected chi connectivity index (χ3v) is 25.9. The molecule has 30 nitrogen and oxygen atoms in total. The number of aromatic amines is 6. The van der Waals surface area contributed by atoms with Crippen molar-refractivity contribution >= 4 is 221 Å². The Hall–Kier alpha value is -11.9. The molecule has 0 saturated heterocycles. The Labute approximate surface area is 810 Å². The molecule has 15 rings (SSSR count). The zero-order valence-corrected chi connectivity index (χ0v) is 84.9. The number of hydrogen-bond acceptors (Lipinski definition) is 24. The van der Waals surface area contributed by atoms with Gasteiger partial charge in [-0.25, -0.2) is 29.9 Å². The van der Waals surface area contributed by atoms with Gasteiger partial charge in [0.2, 0.25) is 0 Å². The van der Waals surface area contributed by atoms with E-state index in [4.69, 9.17) is 29.9 Å². The van der Waals surface area contributed by atoms with Crippen LogP contribution < -0.4 is 30.6 Å². The third-order valence-electron chi connectivity index (χ3n) is 25.9. The molecule has 0 aromatic carbocycles. The van der Waals surface area contributed by atoms with Crippen molar-refractivity contribution in [2.45, 2.75) is 238 Å². The number of H-pyrrole nitrogens is 6. The number of nitrogens with one attached hydrogen (secondary N) is 6.